The van der Waals surface area contributed by atoms with Crippen LogP contribution in [-0.4, -0.2) is 42.2 Å². The van der Waals surface area contributed by atoms with E-state index in [4.69, 9.17) is 4.74 Å². The lowest BCUT2D eigenvalue weighted by Crippen LogP contribution is -2.42. The normalized spacial score (nSPS) is 19.0. The number of likely N-dealkylation sites (N-methyl/N-ethyl adjacent to an activating group) is 1. The Hall–Kier alpha value is -1.39. The van der Waals surface area contributed by atoms with E-state index in [-0.39, 0.29) is 11.9 Å². The highest BCUT2D eigenvalue weighted by molar-refractivity contribution is 5.69. The van der Waals surface area contributed by atoms with Crippen LogP contribution in [0.1, 0.15) is 50.5 Å². The molecule has 0 radical (unpaired) electrons. The number of hydrogen-bond acceptors (Lipinski definition) is 4. The van der Waals surface area contributed by atoms with Gasteiger partial charge in [-0.1, -0.05) is 31.4 Å². The monoisotopic (exact) mass is 305 g/mol. The van der Waals surface area contributed by atoms with Gasteiger partial charge in [0.05, 0.1) is 5.60 Å². The van der Waals surface area contributed by atoms with Crippen molar-refractivity contribution in [1.82, 2.24) is 4.90 Å². The summed E-state index contributed by atoms with van der Waals surface area (Å²) < 4.78 is 5.09. The summed E-state index contributed by atoms with van der Waals surface area (Å²) in [5.74, 6) is 0.313. The summed E-state index contributed by atoms with van der Waals surface area (Å²) in [5, 5.41) is 11.1. The van der Waals surface area contributed by atoms with Crippen LogP contribution in [-0.2, 0) is 4.79 Å². The first-order chi connectivity index (χ1) is 10.4. The summed E-state index contributed by atoms with van der Waals surface area (Å²) in [5.41, 5.74) is 0.472. The molecule has 0 bridgehead atoms. The van der Waals surface area contributed by atoms with E-state index in [1.54, 1.807) is 0 Å². The van der Waals surface area contributed by atoms with Crippen LogP contribution < -0.4 is 4.74 Å². The van der Waals surface area contributed by atoms with Crippen molar-refractivity contribution in [2.75, 3.05) is 20.6 Å². The van der Waals surface area contributed by atoms with Gasteiger partial charge in [0.25, 0.3) is 0 Å². The van der Waals surface area contributed by atoms with Gasteiger partial charge in [-0.2, -0.15) is 0 Å². The van der Waals surface area contributed by atoms with Gasteiger partial charge < -0.3 is 14.7 Å². The predicted molar refractivity (Wildman–Crippen MR) is 87.1 cm³/mol. The molecule has 4 heteroatoms. The fourth-order valence-electron chi connectivity index (χ4n) is 3.40. The molecule has 1 saturated carbocycles. The second-order valence-electron chi connectivity index (χ2n) is 6.64. The molecule has 1 aromatic carbocycles. The second-order valence-corrected chi connectivity index (χ2v) is 6.64. The lowest BCUT2D eigenvalue weighted by Gasteiger charge is -2.40. The van der Waals surface area contributed by atoms with Gasteiger partial charge in [-0.25, -0.2) is 0 Å². The average molecular weight is 305 g/mol. The van der Waals surface area contributed by atoms with E-state index in [0.717, 1.165) is 37.8 Å². The highest BCUT2D eigenvalue weighted by Crippen LogP contribution is 2.40. The maximum absolute atomic E-state index is 11.1. The Labute approximate surface area is 133 Å². The van der Waals surface area contributed by atoms with Gasteiger partial charge >= 0.3 is 5.97 Å². The first-order valence-electron chi connectivity index (χ1n) is 8.06. The summed E-state index contributed by atoms with van der Waals surface area (Å²) >= 11 is 0. The molecule has 0 saturated heterocycles. The molecule has 0 aromatic heterocycles. The van der Waals surface area contributed by atoms with Crippen LogP contribution in [0.3, 0.4) is 0 Å². The number of hydrogen-bond donors (Lipinski definition) is 1. The van der Waals surface area contributed by atoms with E-state index in [1.165, 1.54) is 13.3 Å². The molecule has 1 fully saturated rings. The molecule has 0 heterocycles. The van der Waals surface area contributed by atoms with Crippen LogP contribution in [0.2, 0.25) is 0 Å². The van der Waals surface area contributed by atoms with Crippen LogP contribution in [0.15, 0.2) is 24.3 Å². The fraction of sp³-hybridized carbons (Fsp3) is 0.611. The number of ether oxygens (including phenoxy) is 1. The Kier molecular flexibility index (Phi) is 5.59. The number of esters is 1. The predicted octanol–water partition coefficient (Wildman–Crippen LogP) is 2.95. The third-order valence-electron chi connectivity index (χ3n) is 4.46. The maximum atomic E-state index is 11.1. The minimum atomic E-state index is -0.633. The Morgan fingerprint density at radius 3 is 2.32 bits per heavy atom. The number of benzene rings is 1. The maximum Gasteiger partial charge on any atom is 0.308 e. The third-order valence-corrected chi connectivity index (χ3v) is 4.46. The molecular formula is C18H27NO3. The Bertz CT molecular complexity index is 490. The molecular weight excluding hydrogens is 278 g/mol. The number of nitrogens with zero attached hydrogens (tertiary/aromatic N) is 1. The van der Waals surface area contributed by atoms with Crippen molar-refractivity contribution in [1.29, 1.82) is 0 Å². The van der Waals surface area contributed by atoms with Gasteiger partial charge in [0.15, 0.2) is 0 Å². The van der Waals surface area contributed by atoms with E-state index < -0.39 is 5.60 Å². The van der Waals surface area contributed by atoms with Crippen LogP contribution in [0, 0.1) is 0 Å². The van der Waals surface area contributed by atoms with Crippen LogP contribution >= 0.6 is 0 Å². The van der Waals surface area contributed by atoms with Gasteiger partial charge in [0, 0.05) is 19.4 Å². The first-order valence-corrected chi connectivity index (χ1v) is 8.06. The van der Waals surface area contributed by atoms with Crippen molar-refractivity contribution in [3.05, 3.63) is 29.8 Å². The van der Waals surface area contributed by atoms with Crippen molar-refractivity contribution in [3.8, 4) is 5.75 Å². The van der Waals surface area contributed by atoms with Gasteiger partial charge in [0.2, 0.25) is 0 Å². The van der Waals surface area contributed by atoms with Crippen LogP contribution in [0.25, 0.3) is 0 Å². The Balaban J connectivity index is 2.22. The molecule has 1 N–H and O–H groups in total. The smallest absolute Gasteiger partial charge is 0.308 e. The molecule has 4 nitrogen and oxygen atoms in total. The van der Waals surface area contributed by atoms with E-state index in [9.17, 15) is 9.90 Å². The second kappa shape index (κ2) is 7.25. The van der Waals surface area contributed by atoms with Gasteiger partial charge in [0.1, 0.15) is 5.75 Å². The van der Waals surface area contributed by atoms with E-state index in [0.29, 0.717) is 5.75 Å². The summed E-state index contributed by atoms with van der Waals surface area (Å²) in [6.07, 6.45) is 5.11. The minimum absolute atomic E-state index is 0.0779. The van der Waals surface area contributed by atoms with Crippen molar-refractivity contribution in [2.45, 2.75) is 50.5 Å². The number of aliphatic hydroxyl groups is 1. The molecule has 22 heavy (non-hydrogen) atoms. The summed E-state index contributed by atoms with van der Waals surface area (Å²) in [4.78, 5) is 13.1. The van der Waals surface area contributed by atoms with Gasteiger partial charge in [-0.3, -0.25) is 4.79 Å². The van der Waals surface area contributed by atoms with Crippen LogP contribution in [0.4, 0.5) is 0 Å². The molecule has 0 aliphatic heterocycles. The van der Waals surface area contributed by atoms with Crippen molar-refractivity contribution in [2.24, 2.45) is 0 Å². The van der Waals surface area contributed by atoms with Crippen molar-refractivity contribution < 1.29 is 14.6 Å². The number of carbonyl (C=O) groups is 1. The van der Waals surface area contributed by atoms with E-state index >= 15 is 0 Å². The topological polar surface area (TPSA) is 49.8 Å². The van der Waals surface area contributed by atoms with Gasteiger partial charge in [-0.05, 0) is 44.6 Å². The molecule has 1 aliphatic carbocycles. The van der Waals surface area contributed by atoms with Crippen molar-refractivity contribution in [3.63, 3.8) is 0 Å². The highest BCUT2D eigenvalue weighted by Gasteiger charge is 2.38. The Morgan fingerprint density at radius 1 is 1.23 bits per heavy atom. The molecule has 122 valence electrons. The zero-order valence-electron chi connectivity index (χ0n) is 13.8. The van der Waals surface area contributed by atoms with Gasteiger partial charge in [-0.15, -0.1) is 0 Å². The standard InChI is InChI=1S/C18H27NO3/c1-14(20)22-16-9-7-15(8-10-16)17(13-19(2)3)18(21)11-5-4-6-12-18/h7-10,17,21H,4-6,11-13H2,1-3H3. The molecule has 1 unspecified atom stereocenters. The molecule has 1 atom stereocenters. The highest BCUT2D eigenvalue weighted by atomic mass is 16.5. The molecule has 0 amide bonds. The average Bonchev–Trinajstić information content (AvgIpc) is 2.46. The molecule has 1 aliphatic rings. The number of carbonyl (C=O) groups excluding carboxylic acids is 1. The Morgan fingerprint density at radius 2 is 1.82 bits per heavy atom. The zero-order valence-corrected chi connectivity index (χ0v) is 13.8. The lowest BCUT2D eigenvalue weighted by molar-refractivity contribution is -0.131. The zero-order chi connectivity index (χ0) is 16.2. The molecule has 0 spiro atoms. The molecule has 1 aromatic rings. The van der Waals surface area contributed by atoms with Crippen molar-refractivity contribution >= 4 is 5.97 Å². The van der Waals surface area contributed by atoms with Crippen LogP contribution in [0.5, 0.6) is 5.75 Å². The largest absolute Gasteiger partial charge is 0.427 e. The minimum Gasteiger partial charge on any atom is -0.427 e. The lowest BCUT2D eigenvalue weighted by atomic mass is 9.72. The molecule has 2 rings (SSSR count). The first kappa shape index (κ1) is 17.0. The fourth-order valence-corrected chi connectivity index (χ4v) is 3.40. The summed E-state index contributed by atoms with van der Waals surface area (Å²) in [7, 11) is 4.07. The summed E-state index contributed by atoms with van der Waals surface area (Å²) in [6.45, 7) is 2.21. The quantitative estimate of drug-likeness (QED) is 0.671. The van der Waals surface area contributed by atoms with E-state index in [1.807, 2.05) is 38.4 Å². The SMILES string of the molecule is CC(=O)Oc1ccc(C(CN(C)C)C2(O)CCCCC2)cc1. The number of rotatable bonds is 5. The third kappa shape index (κ3) is 4.31. The summed E-state index contributed by atoms with van der Waals surface area (Å²) in [6, 6.07) is 7.56. The van der Waals surface area contributed by atoms with E-state index in [2.05, 4.69) is 4.90 Å².